The van der Waals surface area contributed by atoms with Gasteiger partial charge in [-0.15, -0.1) is 0 Å². The van der Waals surface area contributed by atoms with E-state index in [1.807, 2.05) is 51.1 Å². The molecule has 2 amide bonds. The molecule has 152 valence electrons. The lowest BCUT2D eigenvalue weighted by atomic mass is 9.78. The van der Waals surface area contributed by atoms with Gasteiger partial charge in [0.15, 0.2) is 0 Å². The van der Waals surface area contributed by atoms with Crippen LogP contribution >= 0.6 is 0 Å². The molecule has 0 aromatic heterocycles. The van der Waals surface area contributed by atoms with Crippen molar-refractivity contribution in [1.82, 2.24) is 9.80 Å². The van der Waals surface area contributed by atoms with E-state index in [-0.39, 0.29) is 18.6 Å². The van der Waals surface area contributed by atoms with E-state index in [2.05, 4.69) is 0 Å². The number of hydrogen-bond acceptors (Lipinski definition) is 5. The van der Waals surface area contributed by atoms with Crippen LogP contribution in [0.5, 0.6) is 0 Å². The smallest absolute Gasteiger partial charge is 0.410 e. The maximum absolute atomic E-state index is 12.5. The minimum Gasteiger partial charge on any atom is -0.445 e. The number of amides is 2. The van der Waals surface area contributed by atoms with Crippen LogP contribution in [-0.2, 0) is 20.9 Å². The van der Waals surface area contributed by atoms with E-state index in [1.165, 1.54) is 0 Å². The summed E-state index contributed by atoms with van der Waals surface area (Å²) in [6.45, 7) is 7.32. The van der Waals surface area contributed by atoms with Crippen molar-refractivity contribution in [2.24, 2.45) is 11.3 Å². The Balaban J connectivity index is 1.61. The Kier molecular flexibility index (Phi) is 5.63. The standard InChI is InChI=1S/C21H28N2O5/c1-20(2,3)28-19(26)22-10-9-21(14-22)15-23(11-17(21)12-24)18(25)27-13-16-7-5-4-6-8-16/h4-8,12,17H,9-11,13-15H2,1-3H3. The third kappa shape index (κ3) is 4.46. The minimum atomic E-state index is -0.570. The van der Waals surface area contributed by atoms with E-state index in [9.17, 15) is 14.4 Å². The topological polar surface area (TPSA) is 76.2 Å². The number of likely N-dealkylation sites (tertiary alicyclic amines) is 2. The molecule has 2 aliphatic heterocycles. The molecule has 3 rings (SSSR count). The van der Waals surface area contributed by atoms with Crippen LogP contribution in [0.4, 0.5) is 9.59 Å². The molecule has 2 heterocycles. The first-order valence-corrected chi connectivity index (χ1v) is 9.61. The Morgan fingerprint density at radius 1 is 1.14 bits per heavy atom. The largest absolute Gasteiger partial charge is 0.445 e. The number of aldehydes is 1. The molecule has 0 saturated carbocycles. The monoisotopic (exact) mass is 388 g/mol. The molecule has 0 aliphatic carbocycles. The summed E-state index contributed by atoms with van der Waals surface area (Å²) in [6, 6.07) is 9.46. The summed E-state index contributed by atoms with van der Waals surface area (Å²) < 4.78 is 10.9. The van der Waals surface area contributed by atoms with Gasteiger partial charge in [-0.25, -0.2) is 9.59 Å². The van der Waals surface area contributed by atoms with Gasteiger partial charge in [0.25, 0.3) is 0 Å². The van der Waals surface area contributed by atoms with Crippen LogP contribution in [0.15, 0.2) is 30.3 Å². The minimum absolute atomic E-state index is 0.193. The molecule has 0 radical (unpaired) electrons. The lowest BCUT2D eigenvalue weighted by Crippen LogP contribution is -2.40. The normalized spacial score (nSPS) is 24.5. The van der Waals surface area contributed by atoms with Gasteiger partial charge in [-0.1, -0.05) is 30.3 Å². The number of benzene rings is 1. The second-order valence-electron chi connectivity index (χ2n) is 8.68. The highest BCUT2D eigenvalue weighted by atomic mass is 16.6. The fraction of sp³-hybridized carbons (Fsp3) is 0.571. The zero-order valence-electron chi connectivity index (χ0n) is 16.7. The summed E-state index contributed by atoms with van der Waals surface area (Å²) in [7, 11) is 0. The highest BCUT2D eigenvalue weighted by Crippen LogP contribution is 2.43. The summed E-state index contributed by atoms with van der Waals surface area (Å²) in [5.41, 5.74) is -0.0850. The number of carbonyl (C=O) groups is 3. The molecule has 2 saturated heterocycles. The molecule has 2 atom stereocenters. The maximum atomic E-state index is 12.5. The highest BCUT2D eigenvalue weighted by molar-refractivity contribution is 5.71. The van der Waals surface area contributed by atoms with Crippen molar-refractivity contribution in [1.29, 1.82) is 0 Å². The van der Waals surface area contributed by atoms with Gasteiger partial charge in [0, 0.05) is 37.5 Å². The van der Waals surface area contributed by atoms with Crippen molar-refractivity contribution in [3.8, 4) is 0 Å². The number of rotatable bonds is 3. The molecule has 7 nitrogen and oxygen atoms in total. The van der Waals surface area contributed by atoms with E-state index >= 15 is 0 Å². The van der Waals surface area contributed by atoms with Gasteiger partial charge in [0.05, 0.1) is 0 Å². The van der Waals surface area contributed by atoms with Gasteiger partial charge in [-0.2, -0.15) is 0 Å². The molecule has 28 heavy (non-hydrogen) atoms. The van der Waals surface area contributed by atoms with Crippen LogP contribution in [0, 0.1) is 11.3 Å². The molecule has 7 heteroatoms. The lowest BCUT2D eigenvalue weighted by molar-refractivity contribution is -0.113. The Bertz CT molecular complexity index is 730. The fourth-order valence-electron chi connectivity index (χ4n) is 3.94. The van der Waals surface area contributed by atoms with Crippen LogP contribution in [0.1, 0.15) is 32.8 Å². The van der Waals surface area contributed by atoms with E-state index in [0.717, 1.165) is 11.8 Å². The molecule has 1 aromatic carbocycles. The predicted molar refractivity (Wildman–Crippen MR) is 103 cm³/mol. The van der Waals surface area contributed by atoms with Crippen LogP contribution in [0.2, 0.25) is 0 Å². The van der Waals surface area contributed by atoms with Crippen LogP contribution < -0.4 is 0 Å². The van der Waals surface area contributed by atoms with Crippen molar-refractivity contribution in [2.45, 2.75) is 39.4 Å². The molecule has 1 aromatic rings. The fourth-order valence-corrected chi connectivity index (χ4v) is 3.94. The van der Waals surface area contributed by atoms with Gasteiger partial charge in [-0.3, -0.25) is 0 Å². The second kappa shape index (κ2) is 7.81. The highest BCUT2D eigenvalue weighted by Gasteiger charge is 2.53. The first-order valence-electron chi connectivity index (χ1n) is 9.61. The number of carbonyl (C=O) groups excluding carboxylic acids is 3. The van der Waals surface area contributed by atoms with Crippen LogP contribution in [0.3, 0.4) is 0 Å². The predicted octanol–water partition coefficient (Wildman–Crippen LogP) is 3.08. The summed E-state index contributed by atoms with van der Waals surface area (Å²) in [5, 5.41) is 0. The summed E-state index contributed by atoms with van der Waals surface area (Å²) in [5.74, 6) is -0.316. The molecule has 2 aliphatic rings. The van der Waals surface area contributed by atoms with Crippen LogP contribution in [-0.4, -0.2) is 60.1 Å². The van der Waals surface area contributed by atoms with Crippen molar-refractivity contribution < 1.29 is 23.9 Å². The third-order valence-electron chi connectivity index (χ3n) is 5.37. The first-order chi connectivity index (χ1) is 13.2. The quantitative estimate of drug-likeness (QED) is 0.744. The van der Waals surface area contributed by atoms with E-state index in [1.54, 1.807) is 9.80 Å². The van der Waals surface area contributed by atoms with Crippen molar-refractivity contribution in [3.05, 3.63) is 35.9 Å². The molecular weight excluding hydrogens is 360 g/mol. The SMILES string of the molecule is CC(C)(C)OC(=O)N1CCC2(CN(C(=O)OCc3ccccc3)CC2C=O)C1. The summed E-state index contributed by atoms with van der Waals surface area (Å²) >= 11 is 0. The molecule has 2 unspecified atom stereocenters. The van der Waals surface area contributed by atoms with Gasteiger partial charge in [0.1, 0.15) is 18.5 Å². The van der Waals surface area contributed by atoms with E-state index < -0.39 is 17.1 Å². The van der Waals surface area contributed by atoms with Crippen molar-refractivity contribution >= 4 is 18.5 Å². The summed E-state index contributed by atoms with van der Waals surface area (Å²) in [6.07, 6.45) is 0.767. The third-order valence-corrected chi connectivity index (χ3v) is 5.37. The molecule has 0 bridgehead atoms. The zero-order chi connectivity index (χ0) is 20.4. The average molecular weight is 388 g/mol. The van der Waals surface area contributed by atoms with Crippen LogP contribution in [0.25, 0.3) is 0 Å². The van der Waals surface area contributed by atoms with Gasteiger partial charge >= 0.3 is 12.2 Å². The second-order valence-corrected chi connectivity index (χ2v) is 8.68. The zero-order valence-corrected chi connectivity index (χ0v) is 16.7. The average Bonchev–Trinajstić information content (AvgIpc) is 3.24. The number of hydrogen-bond donors (Lipinski definition) is 0. The van der Waals surface area contributed by atoms with Crippen molar-refractivity contribution in [2.75, 3.05) is 26.2 Å². The van der Waals surface area contributed by atoms with Gasteiger partial charge < -0.3 is 24.1 Å². The number of nitrogens with zero attached hydrogens (tertiary/aromatic N) is 2. The Morgan fingerprint density at radius 2 is 1.82 bits per heavy atom. The Morgan fingerprint density at radius 3 is 2.46 bits per heavy atom. The Labute approximate surface area is 165 Å². The molecule has 2 fully saturated rings. The first kappa shape index (κ1) is 20.2. The molecule has 1 spiro atoms. The van der Waals surface area contributed by atoms with Gasteiger partial charge in [-0.05, 0) is 32.8 Å². The summed E-state index contributed by atoms with van der Waals surface area (Å²) in [4.78, 5) is 39.8. The molecule has 0 N–H and O–H groups in total. The molecular formula is C21H28N2O5. The Hall–Kier alpha value is -2.57. The van der Waals surface area contributed by atoms with Crippen molar-refractivity contribution in [3.63, 3.8) is 0 Å². The number of ether oxygens (including phenoxy) is 2. The van der Waals surface area contributed by atoms with Gasteiger partial charge in [0.2, 0.25) is 0 Å². The lowest BCUT2D eigenvalue weighted by Gasteiger charge is -2.28. The van der Waals surface area contributed by atoms with E-state index in [0.29, 0.717) is 32.6 Å². The maximum Gasteiger partial charge on any atom is 0.410 e. The van der Waals surface area contributed by atoms with E-state index in [4.69, 9.17) is 9.47 Å².